The van der Waals surface area contributed by atoms with Gasteiger partial charge in [-0.2, -0.15) is 0 Å². The fourth-order valence-corrected chi connectivity index (χ4v) is 2.28. The van der Waals surface area contributed by atoms with Crippen LogP contribution < -0.4 is 0 Å². The van der Waals surface area contributed by atoms with Crippen molar-refractivity contribution >= 4 is 11.0 Å². The number of aromatic amines is 1. The Morgan fingerprint density at radius 3 is 2.47 bits per heavy atom. The van der Waals surface area contributed by atoms with E-state index in [9.17, 15) is 5.11 Å². The third-order valence-electron chi connectivity index (χ3n) is 3.29. The van der Waals surface area contributed by atoms with Crippen molar-refractivity contribution < 1.29 is 5.11 Å². The molecule has 0 aliphatic rings. The van der Waals surface area contributed by atoms with Crippen LogP contribution in [0, 0.1) is 0 Å². The summed E-state index contributed by atoms with van der Waals surface area (Å²) < 4.78 is 0. The molecule has 1 heterocycles. The lowest BCUT2D eigenvalue weighted by Gasteiger charge is -2.20. The molecule has 0 fully saturated rings. The summed E-state index contributed by atoms with van der Waals surface area (Å²) in [6.45, 7) is 1.79. The quantitative estimate of drug-likeness (QED) is 0.752. The highest BCUT2D eigenvalue weighted by Crippen LogP contribution is 2.25. The largest absolute Gasteiger partial charge is 0.382 e. The Hall–Kier alpha value is -2.13. The SMILES string of the molecule is C[C@@](O)(Cc1ccccc1)c1nc2ccccc2[nH]1. The van der Waals surface area contributed by atoms with E-state index in [0.717, 1.165) is 16.6 Å². The maximum absolute atomic E-state index is 10.6. The van der Waals surface area contributed by atoms with Crippen LogP contribution in [0.25, 0.3) is 11.0 Å². The molecule has 2 N–H and O–H groups in total. The van der Waals surface area contributed by atoms with Gasteiger partial charge in [0.2, 0.25) is 0 Å². The lowest BCUT2D eigenvalue weighted by Crippen LogP contribution is -2.25. The summed E-state index contributed by atoms with van der Waals surface area (Å²) in [6.07, 6.45) is 0.535. The highest BCUT2D eigenvalue weighted by molar-refractivity contribution is 5.74. The third-order valence-corrected chi connectivity index (χ3v) is 3.29. The number of imidazole rings is 1. The predicted molar refractivity (Wildman–Crippen MR) is 75.8 cm³/mol. The molecule has 3 aromatic rings. The number of hydrogen-bond acceptors (Lipinski definition) is 2. The van der Waals surface area contributed by atoms with Crippen LogP contribution in [0.1, 0.15) is 18.3 Å². The zero-order valence-corrected chi connectivity index (χ0v) is 10.8. The van der Waals surface area contributed by atoms with Gasteiger partial charge in [0.1, 0.15) is 11.4 Å². The van der Waals surface area contributed by atoms with E-state index < -0.39 is 5.60 Å². The van der Waals surface area contributed by atoms with Gasteiger partial charge in [0.05, 0.1) is 11.0 Å². The average molecular weight is 252 g/mol. The van der Waals surface area contributed by atoms with Gasteiger partial charge in [-0.3, -0.25) is 0 Å². The zero-order valence-electron chi connectivity index (χ0n) is 10.8. The molecular weight excluding hydrogens is 236 g/mol. The maximum Gasteiger partial charge on any atom is 0.139 e. The average Bonchev–Trinajstić information content (AvgIpc) is 2.84. The number of nitrogens with one attached hydrogen (secondary N) is 1. The summed E-state index contributed by atoms with van der Waals surface area (Å²) in [5, 5.41) is 10.6. The summed E-state index contributed by atoms with van der Waals surface area (Å²) in [7, 11) is 0. The number of rotatable bonds is 3. The first kappa shape index (κ1) is 11.9. The number of nitrogens with zero attached hydrogens (tertiary/aromatic N) is 1. The van der Waals surface area contributed by atoms with Gasteiger partial charge in [0.15, 0.2) is 0 Å². The van der Waals surface area contributed by atoms with Crippen molar-refractivity contribution in [1.29, 1.82) is 0 Å². The van der Waals surface area contributed by atoms with E-state index in [1.165, 1.54) is 0 Å². The smallest absolute Gasteiger partial charge is 0.139 e. The summed E-state index contributed by atoms with van der Waals surface area (Å²) in [5.74, 6) is 0.609. The monoisotopic (exact) mass is 252 g/mol. The summed E-state index contributed by atoms with van der Waals surface area (Å²) in [5.41, 5.74) is 1.92. The molecule has 96 valence electrons. The van der Waals surface area contributed by atoms with Gasteiger partial charge < -0.3 is 10.1 Å². The molecule has 0 saturated heterocycles. The molecule has 3 nitrogen and oxygen atoms in total. The molecule has 0 bridgehead atoms. The first-order valence-corrected chi connectivity index (χ1v) is 6.37. The first-order valence-electron chi connectivity index (χ1n) is 6.37. The van der Waals surface area contributed by atoms with Crippen LogP contribution in [0.15, 0.2) is 54.6 Å². The van der Waals surface area contributed by atoms with E-state index in [4.69, 9.17) is 0 Å². The molecule has 3 rings (SSSR count). The Kier molecular flexibility index (Phi) is 2.84. The summed E-state index contributed by atoms with van der Waals surface area (Å²) in [6, 6.07) is 17.7. The second kappa shape index (κ2) is 4.52. The van der Waals surface area contributed by atoms with E-state index in [1.54, 1.807) is 6.92 Å². The number of aliphatic hydroxyl groups is 1. The van der Waals surface area contributed by atoms with Crippen LogP contribution in [0.2, 0.25) is 0 Å². The highest BCUT2D eigenvalue weighted by atomic mass is 16.3. The van der Waals surface area contributed by atoms with Crippen LogP contribution in [-0.4, -0.2) is 15.1 Å². The lowest BCUT2D eigenvalue weighted by atomic mass is 9.96. The van der Waals surface area contributed by atoms with Crippen molar-refractivity contribution in [3.63, 3.8) is 0 Å². The van der Waals surface area contributed by atoms with Crippen LogP contribution in [0.3, 0.4) is 0 Å². The van der Waals surface area contributed by atoms with Crippen molar-refractivity contribution in [2.45, 2.75) is 18.9 Å². The van der Waals surface area contributed by atoms with E-state index in [2.05, 4.69) is 9.97 Å². The molecule has 0 aliphatic heterocycles. The second-order valence-corrected chi connectivity index (χ2v) is 5.04. The number of benzene rings is 2. The lowest BCUT2D eigenvalue weighted by molar-refractivity contribution is 0.0493. The maximum atomic E-state index is 10.6. The van der Waals surface area contributed by atoms with Crippen LogP contribution in [-0.2, 0) is 12.0 Å². The Morgan fingerprint density at radius 2 is 1.74 bits per heavy atom. The molecular formula is C16H16N2O. The molecule has 0 radical (unpaired) electrons. The molecule has 1 atom stereocenters. The van der Waals surface area contributed by atoms with Crippen molar-refractivity contribution in [2.75, 3.05) is 0 Å². The standard InChI is InChI=1S/C16H16N2O/c1-16(19,11-12-7-3-2-4-8-12)15-17-13-9-5-6-10-14(13)18-15/h2-10,19H,11H2,1H3,(H,17,18)/t16-/m1/s1. The van der Waals surface area contributed by atoms with Gasteiger partial charge in [-0.25, -0.2) is 4.98 Å². The van der Waals surface area contributed by atoms with Gasteiger partial charge in [-0.15, -0.1) is 0 Å². The van der Waals surface area contributed by atoms with Crippen LogP contribution in [0.4, 0.5) is 0 Å². The minimum Gasteiger partial charge on any atom is -0.382 e. The number of H-pyrrole nitrogens is 1. The molecule has 19 heavy (non-hydrogen) atoms. The molecule has 0 amide bonds. The van der Waals surface area contributed by atoms with Crippen molar-refractivity contribution in [3.05, 3.63) is 66.0 Å². The molecule has 2 aromatic carbocycles. The van der Waals surface area contributed by atoms with E-state index >= 15 is 0 Å². The van der Waals surface area contributed by atoms with Gasteiger partial charge >= 0.3 is 0 Å². The second-order valence-electron chi connectivity index (χ2n) is 5.04. The van der Waals surface area contributed by atoms with Crippen molar-refractivity contribution in [1.82, 2.24) is 9.97 Å². The third kappa shape index (κ3) is 2.37. The van der Waals surface area contributed by atoms with E-state index in [0.29, 0.717) is 12.2 Å². The van der Waals surface area contributed by atoms with Gasteiger partial charge in [-0.05, 0) is 24.6 Å². The van der Waals surface area contributed by atoms with Gasteiger partial charge in [-0.1, -0.05) is 42.5 Å². The normalized spacial score (nSPS) is 14.4. The summed E-state index contributed by atoms with van der Waals surface area (Å²) >= 11 is 0. The Morgan fingerprint density at radius 1 is 1.05 bits per heavy atom. The molecule has 3 heteroatoms. The topological polar surface area (TPSA) is 48.9 Å². The van der Waals surface area contributed by atoms with Gasteiger partial charge in [0.25, 0.3) is 0 Å². The molecule has 1 aromatic heterocycles. The molecule has 0 unspecified atom stereocenters. The number of aromatic nitrogens is 2. The van der Waals surface area contributed by atoms with E-state index in [-0.39, 0.29) is 0 Å². The molecule has 0 spiro atoms. The first-order chi connectivity index (χ1) is 9.15. The number of fused-ring (bicyclic) bond motifs is 1. The van der Waals surface area contributed by atoms with Crippen molar-refractivity contribution in [2.24, 2.45) is 0 Å². The van der Waals surface area contributed by atoms with E-state index in [1.807, 2.05) is 54.6 Å². The number of para-hydroxylation sites is 2. The van der Waals surface area contributed by atoms with Crippen LogP contribution in [0.5, 0.6) is 0 Å². The minimum atomic E-state index is -1.000. The zero-order chi connectivity index (χ0) is 13.3. The Labute approximate surface area is 111 Å². The highest BCUT2D eigenvalue weighted by Gasteiger charge is 2.27. The fraction of sp³-hybridized carbons (Fsp3) is 0.188. The minimum absolute atomic E-state index is 0.535. The predicted octanol–water partition coefficient (Wildman–Crippen LogP) is 3.01. The molecule has 0 aliphatic carbocycles. The van der Waals surface area contributed by atoms with Crippen LogP contribution >= 0.6 is 0 Å². The van der Waals surface area contributed by atoms with Crippen molar-refractivity contribution in [3.8, 4) is 0 Å². The summed E-state index contributed by atoms with van der Waals surface area (Å²) in [4.78, 5) is 7.67. The fourth-order valence-electron chi connectivity index (χ4n) is 2.28. The Balaban J connectivity index is 1.95. The Bertz CT molecular complexity index is 653. The number of hydrogen-bond donors (Lipinski definition) is 2. The molecule has 0 saturated carbocycles. The van der Waals surface area contributed by atoms with Gasteiger partial charge in [0, 0.05) is 6.42 Å².